The first-order valence-electron chi connectivity index (χ1n) is 27.1. The molecule has 0 unspecified atom stereocenters. The van der Waals surface area contributed by atoms with Crippen LogP contribution in [0.15, 0.2) is 246 Å². The molecule has 80 heavy (non-hydrogen) atoms. The van der Waals surface area contributed by atoms with Crippen molar-refractivity contribution in [1.82, 2.24) is 0 Å². The molecule has 6 nitrogen and oxygen atoms in total. The molecular weight excluding hydrogens is 1120 g/mol. The van der Waals surface area contributed by atoms with Crippen molar-refractivity contribution in [2.24, 2.45) is 0 Å². The van der Waals surface area contributed by atoms with E-state index in [9.17, 15) is 9.59 Å². The van der Waals surface area contributed by atoms with Gasteiger partial charge in [-0.25, -0.2) is 0 Å². The van der Waals surface area contributed by atoms with Crippen molar-refractivity contribution in [2.45, 2.75) is 64.2 Å². The monoisotopic (exact) mass is 1170 g/mol. The summed E-state index contributed by atoms with van der Waals surface area (Å²) in [4.78, 5) is 31.0. The van der Waals surface area contributed by atoms with E-state index in [-0.39, 0.29) is 27.1 Å². The maximum atomic E-state index is 14.2. The quantitative estimate of drug-likeness (QED) is 0.161. The number of rotatable bonds is 2. The number of anilines is 6. The number of fused-ring (bicyclic) bond motifs is 10. The topological polar surface area (TPSA) is 66.9 Å². The molecule has 0 fully saturated rings. The van der Waals surface area contributed by atoms with Gasteiger partial charge in [0.15, 0.2) is 0 Å². The zero-order chi connectivity index (χ0) is 55.2. The fraction of sp³-hybridized carbons (Fsp3) is 0.139. The number of benzene rings is 10. The summed E-state index contributed by atoms with van der Waals surface area (Å²) in [6.07, 6.45) is 1.08. The summed E-state index contributed by atoms with van der Waals surface area (Å²) >= 11 is 6.72. The molecule has 0 N–H and O–H groups in total. The maximum Gasteiger partial charge on any atom is 0.200 e. The third-order valence-corrected chi connectivity index (χ3v) is 17.8. The Morgan fingerprint density at radius 3 is 1.16 bits per heavy atom. The molecule has 2 aromatic heterocycles. The average molecular weight is 1170 g/mol. The van der Waals surface area contributed by atoms with Crippen LogP contribution in [0.2, 0.25) is 0 Å². The molecule has 392 valence electrons. The number of hydrogen-bond donors (Lipinski definition) is 0. The Kier molecular flexibility index (Phi) is 12.5. The van der Waals surface area contributed by atoms with Gasteiger partial charge in [0.05, 0.1) is 44.3 Å². The number of hydrogen-bond acceptors (Lipinski definition) is 6. The first-order valence-corrected chi connectivity index (χ1v) is 28.7. The first kappa shape index (κ1) is 51.2. The SMILES string of the molecule is CC1(C)c2ccccc2Cc2ccccc21.CC1(C)c2ccccc2N(c2ccc3c(=O)c4cc(N5c6ccccc6C(C)(C)c6ccccc65)ccc4oc3c2)c2ccccc21.O=c1c2ccc(Br)cc2oc2ccc(Br)cc12. The lowest BCUT2D eigenvalue weighted by Gasteiger charge is -2.42. The zero-order valence-corrected chi connectivity index (χ0v) is 48.4. The van der Waals surface area contributed by atoms with Gasteiger partial charge in [-0.3, -0.25) is 9.59 Å². The molecule has 0 saturated carbocycles. The molecule has 1 aliphatic carbocycles. The minimum Gasteiger partial charge on any atom is -0.456 e. The second-order valence-electron chi connectivity index (χ2n) is 22.6. The number of para-hydroxylation sites is 4. The summed E-state index contributed by atoms with van der Waals surface area (Å²) in [5.41, 5.74) is 19.5. The van der Waals surface area contributed by atoms with Crippen molar-refractivity contribution in [3.05, 3.63) is 292 Å². The Bertz CT molecular complexity index is 4460. The summed E-state index contributed by atoms with van der Waals surface area (Å²) in [5.74, 6) is 0. The van der Waals surface area contributed by atoms with Gasteiger partial charge in [-0.1, -0.05) is 195 Å². The summed E-state index contributed by atoms with van der Waals surface area (Å²) in [6, 6.07) is 74.7. The van der Waals surface area contributed by atoms with Crippen LogP contribution in [0.25, 0.3) is 43.9 Å². The largest absolute Gasteiger partial charge is 0.456 e. The van der Waals surface area contributed by atoms with Crippen LogP contribution in [-0.4, -0.2) is 0 Å². The van der Waals surface area contributed by atoms with E-state index in [0.717, 1.165) is 49.5 Å². The van der Waals surface area contributed by atoms with E-state index >= 15 is 0 Å². The minimum absolute atomic E-state index is 0.00458. The highest BCUT2D eigenvalue weighted by Gasteiger charge is 2.38. The highest BCUT2D eigenvalue weighted by atomic mass is 79.9. The Morgan fingerprint density at radius 1 is 0.338 bits per heavy atom. The van der Waals surface area contributed by atoms with Crippen molar-refractivity contribution in [3.8, 4) is 0 Å². The molecule has 2 aliphatic heterocycles. The minimum atomic E-state index is -0.154. The van der Waals surface area contributed by atoms with E-state index in [1.54, 1.807) is 24.3 Å². The molecule has 8 heteroatoms. The molecule has 15 rings (SSSR count). The lowest BCUT2D eigenvalue weighted by Crippen LogP contribution is -2.30. The van der Waals surface area contributed by atoms with Crippen LogP contribution in [0.3, 0.4) is 0 Å². The normalized spacial score (nSPS) is 14.8. The molecule has 0 radical (unpaired) electrons. The van der Waals surface area contributed by atoms with Gasteiger partial charge in [0.2, 0.25) is 10.9 Å². The molecule has 0 bridgehead atoms. The van der Waals surface area contributed by atoms with Gasteiger partial charge in [0.25, 0.3) is 0 Å². The predicted molar refractivity (Wildman–Crippen MR) is 337 cm³/mol. The standard InChI is InChI=1S/C43H34N2O2.C16H16.C13H6Br2O2/c1-42(2)31-13-5-9-17-35(31)44(36-18-10-6-14-32(36)42)27-22-24-39-30(25-27)41(46)29-23-21-28(26-40(29)47-39)45-37-19-11-7-15-33(37)43(3,4)34-16-8-12-20-38(34)45;1-16(2)14-9-5-3-7-12(14)11-13-8-4-6-10-15(13)16;14-7-2-4-11-10(5-7)13(16)9-3-1-8(15)6-12(9)17-11/h5-26H,1-4H3;3-10H,11H2,1-2H3;1-6H. The smallest absolute Gasteiger partial charge is 0.200 e. The second kappa shape index (κ2) is 19.5. The van der Waals surface area contributed by atoms with E-state index in [4.69, 9.17) is 8.83 Å². The van der Waals surface area contributed by atoms with Crippen molar-refractivity contribution in [1.29, 1.82) is 0 Å². The molecule has 0 spiro atoms. The Balaban J connectivity index is 0.000000148. The van der Waals surface area contributed by atoms with Crippen molar-refractivity contribution in [2.75, 3.05) is 9.80 Å². The van der Waals surface area contributed by atoms with Crippen LogP contribution in [0.4, 0.5) is 34.1 Å². The van der Waals surface area contributed by atoms with Gasteiger partial charge >= 0.3 is 0 Å². The molecule has 12 aromatic rings. The van der Waals surface area contributed by atoms with Crippen LogP contribution < -0.4 is 20.7 Å². The summed E-state index contributed by atoms with van der Waals surface area (Å²) in [6.45, 7) is 13.8. The van der Waals surface area contributed by atoms with Crippen LogP contribution >= 0.6 is 31.9 Å². The van der Waals surface area contributed by atoms with Crippen LogP contribution in [-0.2, 0) is 22.7 Å². The summed E-state index contributed by atoms with van der Waals surface area (Å²) in [7, 11) is 0. The molecule has 0 saturated heterocycles. The maximum absolute atomic E-state index is 14.2. The fourth-order valence-electron chi connectivity index (χ4n) is 12.7. The highest BCUT2D eigenvalue weighted by molar-refractivity contribution is 9.10. The zero-order valence-electron chi connectivity index (χ0n) is 45.3. The van der Waals surface area contributed by atoms with Crippen LogP contribution in [0, 0.1) is 0 Å². The molecule has 10 aromatic carbocycles. The Morgan fingerprint density at radius 2 is 0.675 bits per heavy atom. The van der Waals surface area contributed by atoms with Crippen molar-refractivity contribution in [3.63, 3.8) is 0 Å². The predicted octanol–water partition coefficient (Wildman–Crippen LogP) is 19.6. The van der Waals surface area contributed by atoms with E-state index in [2.05, 4.69) is 235 Å². The van der Waals surface area contributed by atoms with E-state index in [1.165, 1.54) is 44.5 Å². The van der Waals surface area contributed by atoms with Crippen molar-refractivity contribution < 1.29 is 8.83 Å². The van der Waals surface area contributed by atoms with E-state index in [1.807, 2.05) is 42.5 Å². The lowest BCUT2D eigenvalue weighted by atomic mass is 9.69. The van der Waals surface area contributed by atoms with E-state index in [0.29, 0.717) is 43.9 Å². The van der Waals surface area contributed by atoms with Gasteiger partial charge in [-0.15, -0.1) is 0 Å². The fourth-order valence-corrected chi connectivity index (χ4v) is 13.4. The molecular formula is C72H56Br2N2O4. The third kappa shape index (κ3) is 8.42. The van der Waals surface area contributed by atoms with Gasteiger partial charge in [0, 0.05) is 42.6 Å². The Hall–Kier alpha value is -8.30. The van der Waals surface area contributed by atoms with Crippen LogP contribution in [0.5, 0.6) is 0 Å². The number of nitrogens with zero attached hydrogens (tertiary/aromatic N) is 2. The molecule has 4 heterocycles. The van der Waals surface area contributed by atoms with Gasteiger partial charge in [-0.2, -0.15) is 0 Å². The third-order valence-electron chi connectivity index (χ3n) is 16.8. The first-order chi connectivity index (χ1) is 38.6. The summed E-state index contributed by atoms with van der Waals surface area (Å²) < 4.78 is 14.0. The van der Waals surface area contributed by atoms with Crippen LogP contribution in [0.1, 0.15) is 86.1 Å². The van der Waals surface area contributed by atoms with Gasteiger partial charge < -0.3 is 18.6 Å². The Labute approximate surface area is 481 Å². The van der Waals surface area contributed by atoms with Crippen molar-refractivity contribution >= 4 is 110 Å². The average Bonchev–Trinajstić information content (AvgIpc) is 3.66. The molecule has 0 amide bonds. The number of halogens is 2. The second-order valence-corrected chi connectivity index (χ2v) is 24.4. The summed E-state index contributed by atoms with van der Waals surface area (Å²) in [5, 5.41) is 2.32. The van der Waals surface area contributed by atoms with Gasteiger partial charge in [-0.05, 0) is 142 Å². The molecule has 3 aliphatic rings. The van der Waals surface area contributed by atoms with Gasteiger partial charge in [0.1, 0.15) is 22.3 Å². The van der Waals surface area contributed by atoms with E-state index < -0.39 is 0 Å². The highest BCUT2D eigenvalue weighted by Crippen LogP contribution is 2.54. The lowest BCUT2D eigenvalue weighted by molar-refractivity contribution is 0.610. The molecule has 0 atom stereocenters.